The van der Waals surface area contributed by atoms with Crippen LogP contribution in [0.5, 0.6) is 5.75 Å². The van der Waals surface area contributed by atoms with Crippen LogP contribution in [0.3, 0.4) is 0 Å². The molecule has 0 saturated carbocycles. The second-order valence-electron chi connectivity index (χ2n) is 5.14. The van der Waals surface area contributed by atoms with E-state index in [4.69, 9.17) is 16.9 Å². The summed E-state index contributed by atoms with van der Waals surface area (Å²) in [5, 5.41) is 9.38. The molecule has 3 rings (SSSR count). The van der Waals surface area contributed by atoms with Crippen molar-refractivity contribution >= 4 is 32.8 Å². The van der Waals surface area contributed by atoms with E-state index in [1.807, 2.05) is 0 Å². The number of fused-ring (bicyclic) bond motifs is 1. The predicted molar refractivity (Wildman–Crippen MR) is 87.6 cm³/mol. The molecule has 0 aromatic heterocycles. The van der Waals surface area contributed by atoms with E-state index < -0.39 is 26.9 Å². The first-order chi connectivity index (χ1) is 12.1. The number of rotatable bonds is 2. The van der Waals surface area contributed by atoms with Gasteiger partial charge in [-0.1, -0.05) is 17.7 Å². The summed E-state index contributed by atoms with van der Waals surface area (Å²) in [4.78, 5) is 0.543. The second-order valence-corrected chi connectivity index (χ2v) is 7.46. The van der Waals surface area contributed by atoms with Crippen molar-refractivity contribution in [2.24, 2.45) is 0 Å². The summed E-state index contributed by atoms with van der Waals surface area (Å²) in [5.74, 6) is -0.487. The lowest BCUT2D eigenvalue weighted by Crippen LogP contribution is -2.21. The molecule has 1 aliphatic rings. The molecule has 5 nitrogen and oxygen atoms in total. The summed E-state index contributed by atoms with van der Waals surface area (Å²) in [6.07, 6.45) is -3.85. The second kappa shape index (κ2) is 6.23. The molecule has 1 aliphatic heterocycles. The molecule has 0 radical (unpaired) electrons. The Labute approximate surface area is 151 Å². The number of nitriles is 1. The van der Waals surface area contributed by atoms with E-state index in [-0.39, 0.29) is 21.3 Å². The summed E-state index contributed by atoms with van der Waals surface area (Å²) >= 11 is 5.93. The van der Waals surface area contributed by atoms with E-state index >= 15 is 0 Å². The van der Waals surface area contributed by atoms with Crippen molar-refractivity contribution in [3.63, 3.8) is 0 Å². The van der Waals surface area contributed by atoms with E-state index in [0.29, 0.717) is 0 Å². The summed E-state index contributed by atoms with van der Waals surface area (Å²) < 4.78 is 66.1. The molecule has 0 bridgehead atoms. The third kappa shape index (κ3) is 3.34. The van der Waals surface area contributed by atoms with Crippen LogP contribution < -0.4 is 9.64 Å². The van der Waals surface area contributed by atoms with Gasteiger partial charge in [0.25, 0.3) is 0 Å². The van der Waals surface area contributed by atoms with Gasteiger partial charge >= 0.3 is 6.36 Å². The van der Waals surface area contributed by atoms with Crippen LogP contribution in [0.25, 0.3) is 0 Å². The Morgan fingerprint density at radius 2 is 1.88 bits per heavy atom. The van der Waals surface area contributed by atoms with Crippen molar-refractivity contribution in [3.8, 4) is 11.8 Å². The number of hydrogen-bond acceptors (Lipinski definition) is 5. The maximum Gasteiger partial charge on any atom is 0.573 e. The Balaban J connectivity index is 2.18. The zero-order valence-electron chi connectivity index (χ0n) is 12.7. The van der Waals surface area contributed by atoms with Crippen LogP contribution in [0.2, 0.25) is 5.02 Å². The molecular weight excluding hydrogens is 393 g/mol. The van der Waals surface area contributed by atoms with Crippen molar-refractivity contribution in [1.29, 1.82) is 5.26 Å². The van der Waals surface area contributed by atoms with Gasteiger partial charge in [0.1, 0.15) is 11.8 Å². The first kappa shape index (κ1) is 18.1. The number of halogens is 4. The standard InChI is InChI=1S/C16H8ClF3N2O3S/c17-10-4-5-15-14(6-10)22(9-13(8-21)26(15,23)24)11-2-1-3-12(7-11)25-16(18,19)20/h1-7,9H. The fourth-order valence-electron chi connectivity index (χ4n) is 2.41. The minimum absolute atomic E-state index is 0.112. The molecule has 1 heterocycles. The molecule has 0 spiro atoms. The van der Waals surface area contributed by atoms with Gasteiger partial charge in [0.2, 0.25) is 9.84 Å². The lowest BCUT2D eigenvalue weighted by atomic mass is 10.2. The van der Waals surface area contributed by atoms with Crippen LogP contribution in [0.15, 0.2) is 58.5 Å². The monoisotopic (exact) mass is 400 g/mol. The number of allylic oxidation sites excluding steroid dienone is 1. The van der Waals surface area contributed by atoms with Gasteiger partial charge in [-0.2, -0.15) is 5.26 Å². The summed E-state index contributed by atoms with van der Waals surface area (Å²) in [5.41, 5.74) is 0.276. The highest BCUT2D eigenvalue weighted by Crippen LogP contribution is 2.41. The molecule has 10 heteroatoms. The van der Waals surface area contributed by atoms with E-state index in [1.54, 1.807) is 6.07 Å². The fourth-order valence-corrected chi connectivity index (χ4v) is 3.86. The van der Waals surface area contributed by atoms with Crippen LogP contribution in [-0.4, -0.2) is 14.8 Å². The number of nitrogens with zero attached hydrogens (tertiary/aromatic N) is 2. The van der Waals surface area contributed by atoms with Crippen molar-refractivity contribution in [2.45, 2.75) is 11.3 Å². The van der Waals surface area contributed by atoms with E-state index in [9.17, 15) is 21.6 Å². The molecule has 0 unspecified atom stereocenters. The first-order valence-electron chi connectivity index (χ1n) is 6.93. The zero-order valence-corrected chi connectivity index (χ0v) is 14.2. The van der Waals surface area contributed by atoms with Gasteiger partial charge in [-0.25, -0.2) is 8.42 Å². The zero-order chi connectivity index (χ0) is 19.1. The molecule has 0 N–H and O–H groups in total. The fraction of sp³-hybridized carbons (Fsp3) is 0.0625. The summed E-state index contributed by atoms with van der Waals surface area (Å²) in [6, 6.07) is 10.4. The Morgan fingerprint density at radius 1 is 1.15 bits per heavy atom. The van der Waals surface area contributed by atoms with E-state index in [0.717, 1.165) is 18.3 Å². The van der Waals surface area contributed by atoms with Crippen molar-refractivity contribution < 1.29 is 26.3 Å². The van der Waals surface area contributed by atoms with Gasteiger partial charge in [0.05, 0.1) is 10.6 Å². The lowest BCUT2D eigenvalue weighted by Gasteiger charge is -2.28. The highest BCUT2D eigenvalue weighted by Gasteiger charge is 2.33. The maximum absolute atomic E-state index is 12.4. The van der Waals surface area contributed by atoms with Crippen LogP contribution in [0.4, 0.5) is 24.5 Å². The molecule has 2 aromatic carbocycles. The molecular formula is C16H8ClF3N2O3S. The molecule has 0 aliphatic carbocycles. The molecule has 134 valence electrons. The van der Waals surface area contributed by atoms with Gasteiger partial charge < -0.3 is 9.64 Å². The minimum Gasteiger partial charge on any atom is -0.406 e. The largest absolute Gasteiger partial charge is 0.573 e. The van der Waals surface area contributed by atoms with Crippen LogP contribution in [-0.2, 0) is 9.84 Å². The quantitative estimate of drug-likeness (QED) is 0.740. The number of anilines is 2. The van der Waals surface area contributed by atoms with Gasteiger partial charge in [-0.05, 0) is 30.3 Å². The topological polar surface area (TPSA) is 70.4 Å². The van der Waals surface area contributed by atoms with Crippen molar-refractivity contribution in [2.75, 3.05) is 4.90 Å². The average molecular weight is 401 g/mol. The Bertz CT molecular complexity index is 1060. The van der Waals surface area contributed by atoms with Crippen LogP contribution in [0.1, 0.15) is 0 Å². The SMILES string of the molecule is N#CC1=CN(c2cccc(OC(F)(F)F)c2)c2cc(Cl)ccc2S1(=O)=O. The average Bonchev–Trinajstić information content (AvgIpc) is 2.53. The minimum atomic E-state index is -4.88. The summed E-state index contributed by atoms with van der Waals surface area (Å²) in [7, 11) is -4.04. The summed E-state index contributed by atoms with van der Waals surface area (Å²) in [6.45, 7) is 0. The van der Waals surface area contributed by atoms with Gasteiger partial charge in [0.15, 0.2) is 4.91 Å². The lowest BCUT2D eigenvalue weighted by molar-refractivity contribution is -0.274. The first-order valence-corrected chi connectivity index (χ1v) is 8.79. The Hall–Kier alpha value is -2.70. The molecule has 2 aromatic rings. The smallest absolute Gasteiger partial charge is 0.406 e. The number of ether oxygens (including phenoxy) is 1. The molecule has 26 heavy (non-hydrogen) atoms. The van der Waals surface area contributed by atoms with Crippen molar-refractivity contribution in [3.05, 3.63) is 58.6 Å². The van der Waals surface area contributed by atoms with Gasteiger partial charge in [-0.15, -0.1) is 13.2 Å². The van der Waals surface area contributed by atoms with E-state index in [2.05, 4.69) is 4.74 Å². The number of benzene rings is 2. The van der Waals surface area contributed by atoms with Crippen molar-refractivity contribution in [1.82, 2.24) is 0 Å². The van der Waals surface area contributed by atoms with Gasteiger partial charge in [0, 0.05) is 23.0 Å². The number of hydrogen-bond donors (Lipinski definition) is 0. The normalized spacial score (nSPS) is 15.7. The molecule has 0 fully saturated rings. The van der Waals surface area contributed by atoms with Gasteiger partial charge in [-0.3, -0.25) is 0 Å². The third-order valence-corrected chi connectivity index (χ3v) is 5.38. The Morgan fingerprint density at radius 3 is 2.54 bits per heavy atom. The highest BCUT2D eigenvalue weighted by atomic mass is 35.5. The maximum atomic E-state index is 12.4. The predicted octanol–water partition coefficient (Wildman–Crippen LogP) is 4.53. The molecule has 0 saturated heterocycles. The number of sulfone groups is 1. The van der Waals surface area contributed by atoms with E-state index in [1.165, 1.54) is 35.2 Å². The molecule has 0 amide bonds. The van der Waals surface area contributed by atoms with Crippen LogP contribution >= 0.6 is 11.6 Å². The Kier molecular flexibility index (Phi) is 4.34. The number of alkyl halides is 3. The highest BCUT2D eigenvalue weighted by molar-refractivity contribution is 7.95. The molecule has 0 atom stereocenters. The third-order valence-electron chi connectivity index (χ3n) is 3.45. The van der Waals surface area contributed by atoms with Crippen LogP contribution in [0, 0.1) is 11.3 Å².